The van der Waals surface area contributed by atoms with Gasteiger partial charge in [0.2, 0.25) is 10.0 Å². The van der Waals surface area contributed by atoms with Gasteiger partial charge in [0, 0.05) is 13.1 Å². The Kier molecular flexibility index (Phi) is 5.38. The zero-order chi connectivity index (χ0) is 19.4. The highest BCUT2D eigenvalue weighted by Gasteiger charge is 2.27. The summed E-state index contributed by atoms with van der Waals surface area (Å²) in [5.74, 6) is 0. The molecular weight excluding hydrogens is 380 g/mol. The van der Waals surface area contributed by atoms with Crippen molar-refractivity contribution in [3.8, 4) is 0 Å². The molecule has 2 aromatic carbocycles. The summed E-state index contributed by atoms with van der Waals surface area (Å²) in [6, 6.07) is 14.6. The third kappa shape index (κ3) is 3.91. The summed E-state index contributed by atoms with van der Waals surface area (Å²) in [7, 11) is -3.59. The molecular formula is C19H20N4O4S. The van der Waals surface area contributed by atoms with Gasteiger partial charge in [0.05, 0.1) is 18.1 Å². The topological polar surface area (TPSA) is 86.5 Å². The molecule has 0 aliphatic carbocycles. The van der Waals surface area contributed by atoms with E-state index < -0.39 is 10.0 Å². The van der Waals surface area contributed by atoms with Crippen LogP contribution in [0.1, 0.15) is 5.56 Å². The Balaban J connectivity index is 1.52. The molecule has 1 aromatic heterocycles. The molecule has 0 radical (unpaired) electrons. The lowest BCUT2D eigenvalue weighted by molar-refractivity contribution is 0.0730. The monoisotopic (exact) mass is 400 g/mol. The summed E-state index contributed by atoms with van der Waals surface area (Å²) in [6.07, 6.45) is 3.80. The second kappa shape index (κ2) is 8.09. The van der Waals surface area contributed by atoms with Crippen molar-refractivity contribution in [2.45, 2.75) is 4.90 Å². The van der Waals surface area contributed by atoms with Crippen molar-refractivity contribution in [1.82, 2.24) is 19.5 Å². The molecule has 0 unspecified atom stereocenters. The number of nitrogens with zero attached hydrogens (tertiary/aromatic N) is 4. The first kappa shape index (κ1) is 18.6. The first-order chi connectivity index (χ1) is 13.6. The summed E-state index contributed by atoms with van der Waals surface area (Å²) in [5.41, 5.74) is 2.13. The molecule has 1 saturated heterocycles. The van der Waals surface area contributed by atoms with Gasteiger partial charge in [-0.2, -0.15) is 4.31 Å². The van der Waals surface area contributed by atoms with Crippen LogP contribution in [0.4, 0.5) is 0 Å². The van der Waals surface area contributed by atoms with Gasteiger partial charge in [-0.15, -0.1) is 5.10 Å². The lowest BCUT2D eigenvalue weighted by atomic mass is 10.2. The predicted octanol–water partition coefficient (Wildman–Crippen LogP) is 1.59. The van der Waals surface area contributed by atoms with E-state index in [1.165, 1.54) is 9.15 Å². The van der Waals surface area contributed by atoms with Crippen LogP contribution in [0.2, 0.25) is 0 Å². The van der Waals surface area contributed by atoms with Crippen LogP contribution in [0, 0.1) is 0 Å². The smallest absolute Gasteiger partial charge is 0.243 e. The number of sulfonamides is 1. The average molecular weight is 400 g/mol. The highest BCUT2D eigenvalue weighted by Crippen LogP contribution is 2.21. The maximum Gasteiger partial charge on any atom is 0.243 e. The average Bonchev–Trinajstić information content (AvgIpc) is 3.15. The van der Waals surface area contributed by atoms with Gasteiger partial charge >= 0.3 is 0 Å². The van der Waals surface area contributed by atoms with E-state index in [4.69, 9.17) is 9.57 Å². The van der Waals surface area contributed by atoms with Gasteiger partial charge in [0.1, 0.15) is 17.6 Å². The van der Waals surface area contributed by atoms with Crippen molar-refractivity contribution in [1.29, 1.82) is 0 Å². The molecule has 0 saturated carbocycles. The van der Waals surface area contributed by atoms with E-state index in [9.17, 15) is 8.42 Å². The molecule has 0 amide bonds. The first-order valence-electron chi connectivity index (χ1n) is 8.93. The van der Waals surface area contributed by atoms with Crippen LogP contribution in [0.5, 0.6) is 0 Å². The number of hydrogen-bond donors (Lipinski definition) is 0. The van der Waals surface area contributed by atoms with Crippen molar-refractivity contribution in [3.63, 3.8) is 0 Å². The Morgan fingerprint density at radius 1 is 1.11 bits per heavy atom. The maximum atomic E-state index is 12.8. The van der Waals surface area contributed by atoms with Gasteiger partial charge in [0.15, 0.2) is 0 Å². The molecule has 9 heteroatoms. The lowest BCUT2D eigenvalue weighted by Crippen LogP contribution is -2.40. The van der Waals surface area contributed by atoms with Crippen LogP contribution >= 0.6 is 0 Å². The molecule has 1 aliphatic rings. The van der Waals surface area contributed by atoms with E-state index in [-0.39, 0.29) is 11.5 Å². The summed E-state index contributed by atoms with van der Waals surface area (Å²) < 4.78 is 32.4. The zero-order valence-corrected chi connectivity index (χ0v) is 16.0. The quantitative estimate of drug-likeness (QED) is 0.625. The molecule has 146 valence electrons. The van der Waals surface area contributed by atoms with Crippen LogP contribution in [0.25, 0.3) is 17.1 Å². The fourth-order valence-electron chi connectivity index (χ4n) is 2.93. The van der Waals surface area contributed by atoms with Crippen molar-refractivity contribution in [3.05, 3.63) is 60.2 Å². The number of ether oxygens (including phenoxy) is 1. The second-order valence-electron chi connectivity index (χ2n) is 6.24. The summed E-state index contributed by atoms with van der Waals surface area (Å²) in [4.78, 5) is 7.06. The zero-order valence-electron chi connectivity index (χ0n) is 15.1. The lowest BCUT2D eigenvalue weighted by Gasteiger charge is -2.26. The van der Waals surface area contributed by atoms with Gasteiger partial charge in [0.25, 0.3) is 0 Å². The normalized spacial score (nSPS) is 16.0. The number of fused-ring (bicyclic) bond motifs is 1. The van der Waals surface area contributed by atoms with E-state index in [0.717, 1.165) is 5.56 Å². The van der Waals surface area contributed by atoms with Gasteiger partial charge in [-0.1, -0.05) is 41.3 Å². The van der Waals surface area contributed by atoms with Crippen molar-refractivity contribution in [2.75, 3.05) is 32.9 Å². The second-order valence-corrected chi connectivity index (χ2v) is 8.18. The minimum absolute atomic E-state index is 0.189. The largest absolute Gasteiger partial charge is 0.391 e. The van der Waals surface area contributed by atoms with Crippen LogP contribution in [0.3, 0.4) is 0 Å². The maximum absolute atomic E-state index is 12.8. The molecule has 1 aliphatic heterocycles. The first-order valence-corrected chi connectivity index (χ1v) is 10.4. The molecule has 8 nitrogen and oxygen atoms in total. The third-order valence-electron chi connectivity index (χ3n) is 4.40. The molecule has 4 rings (SSSR count). The number of aromatic nitrogens is 3. The van der Waals surface area contributed by atoms with E-state index in [0.29, 0.717) is 37.3 Å². The molecule has 0 N–H and O–H groups in total. The fourth-order valence-corrected chi connectivity index (χ4v) is 4.36. The van der Waals surface area contributed by atoms with Gasteiger partial charge in [-0.05, 0) is 35.1 Å². The highest BCUT2D eigenvalue weighted by molar-refractivity contribution is 7.89. The minimum atomic E-state index is -3.59. The molecule has 0 spiro atoms. The Hall–Kier alpha value is -2.75. The van der Waals surface area contributed by atoms with E-state index in [1.54, 1.807) is 18.2 Å². The standard InChI is InChI=1S/C19H20N4O4S/c24-28(25,22-10-13-26-14-11-22)17-8-9-18-19(15-17)23(21-20-18)27-12-4-7-16-5-2-1-3-6-16/h1-9,15H,10-14H2. The summed E-state index contributed by atoms with van der Waals surface area (Å²) in [5, 5.41) is 7.98. The predicted molar refractivity (Wildman–Crippen MR) is 104 cm³/mol. The van der Waals surface area contributed by atoms with Crippen molar-refractivity contribution in [2.24, 2.45) is 0 Å². The minimum Gasteiger partial charge on any atom is -0.391 e. The van der Waals surface area contributed by atoms with Gasteiger partial charge in [-0.3, -0.25) is 0 Å². The van der Waals surface area contributed by atoms with Crippen molar-refractivity contribution >= 4 is 27.1 Å². The van der Waals surface area contributed by atoms with E-state index in [1.807, 2.05) is 42.5 Å². The molecule has 1 fully saturated rings. The van der Waals surface area contributed by atoms with E-state index >= 15 is 0 Å². The van der Waals surface area contributed by atoms with Gasteiger partial charge in [-0.25, -0.2) is 8.42 Å². The van der Waals surface area contributed by atoms with Crippen LogP contribution in [-0.2, 0) is 14.8 Å². The number of benzene rings is 2. The molecule has 28 heavy (non-hydrogen) atoms. The Morgan fingerprint density at radius 2 is 1.89 bits per heavy atom. The number of hydrogen-bond acceptors (Lipinski definition) is 6. The number of rotatable bonds is 6. The van der Waals surface area contributed by atoms with Crippen molar-refractivity contribution < 1.29 is 18.0 Å². The van der Waals surface area contributed by atoms with Crippen LogP contribution in [0.15, 0.2) is 59.5 Å². The summed E-state index contributed by atoms with van der Waals surface area (Å²) in [6.45, 7) is 1.76. The molecule has 2 heterocycles. The molecule has 3 aromatic rings. The Labute approximate surface area is 163 Å². The SMILES string of the molecule is O=S(=O)(c1ccc2nnn(OCC=Cc3ccccc3)c2c1)N1CCOCC1. The van der Waals surface area contributed by atoms with Crippen LogP contribution < -0.4 is 4.84 Å². The fraction of sp³-hybridized carbons (Fsp3) is 0.263. The Morgan fingerprint density at radius 3 is 2.68 bits per heavy atom. The highest BCUT2D eigenvalue weighted by atomic mass is 32.2. The van der Waals surface area contributed by atoms with E-state index in [2.05, 4.69) is 10.3 Å². The molecule has 0 atom stereocenters. The number of morpholine rings is 1. The van der Waals surface area contributed by atoms with Gasteiger partial charge < -0.3 is 9.57 Å². The third-order valence-corrected chi connectivity index (χ3v) is 6.29. The van der Waals surface area contributed by atoms with Crippen LogP contribution in [-0.4, -0.2) is 60.8 Å². The Bertz CT molecular complexity index is 1070. The molecule has 0 bridgehead atoms. The summed E-state index contributed by atoms with van der Waals surface area (Å²) >= 11 is 0.